The number of hydrogen-bond acceptors (Lipinski definition) is 13. The summed E-state index contributed by atoms with van der Waals surface area (Å²) >= 11 is 3.43. The molecule has 0 saturated carbocycles. The van der Waals surface area contributed by atoms with E-state index < -0.39 is 53.5 Å². The number of nitrogens with one attached hydrogen (secondary N) is 2. The lowest BCUT2D eigenvalue weighted by molar-refractivity contribution is -0.166. The van der Waals surface area contributed by atoms with Crippen LogP contribution in [0, 0.1) is 0 Å². The van der Waals surface area contributed by atoms with Crippen molar-refractivity contribution in [2.75, 3.05) is 26.1 Å². The molecule has 16 heteroatoms. The van der Waals surface area contributed by atoms with Crippen LogP contribution < -0.4 is 20.3 Å². The molecule has 3 heterocycles. The predicted octanol–water partition coefficient (Wildman–Crippen LogP) is 4.63. The molecule has 1 fully saturated rings. The zero-order valence-corrected chi connectivity index (χ0v) is 30.9. The van der Waals surface area contributed by atoms with Crippen LogP contribution in [0.15, 0.2) is 88.4 Å². The van der Waals surface area contributed by atoms with Crippen LogP contribution in [-0.4, -0.2) is 76.6 Å². The number of methoxy groups -OCH3 is 2. The molecule has 4 unspecified atom stereocenters. The maximum Gasteiger partial charge on any atom is 0.303 e. The first-order valence-corrected chi connectivity index (χ1v) is 17.2. The Balaban J connectivity index is 1.54. The molecular formula is C37H36BrN5O10. The zero-order valence-electron chi connectivity index (χ0n) is 29.3. The van der Waals surface area contributed by atoms with Gasteiger partial charge in [-0.25, -0.2) is 4.98 Å². The third-order valence-corrected chi connectivity index (χ3v) is 9.22. The van der Waals surface area contributed by atoms with Crippen molar-refractivity contribution in [2.45, 2.75) is 50.8 Å². The van der Waals surface area contributed by atoms with Crippen molar-refractivity contribution >= 4 is 51.0 Å². The number of aromatic nitrogens is 4. The summed E-state index contributed by atoms with van der Waals surface area (Å²) in [7, 11) is 3.17. The lowest BCUT2D eigenvalue weighted by Crippen LogP contribution is -2.40. The van der Waals surface area contributed by atoms with Gasteiger partial charge < -0.3 is 33.7 Å². The van der Waals surface area contributed by atoms with E-state index in [4.69, 9.17) is 33.4 Å². The van der Waals surface area contributed by atoms with Gasteiger partial charge in [0.05, 0.1) is 14.2 Å². The van der Waals surface area contributed by atoms with Crippen molar-refractivity contribution in [2.24, 2.45) is 0 Å². The number of aromatic amines is 1. The Hall–Kier alpha value is -5.74. The topological polar surface area (TPSA) is 182 Å². The van der Waals surface area contributed by atoms with Crippen molar-refractivity contribution in [1.29, 1.82) is 0 Å². The average Bonchev–Trinajstić information content (AvgIpc) is 3.64. The second-order valence-electron chi connectivity index (χ2n) is 12.1. The molecule has 2 aromatic heterocycles. The minimum absolute atomic E-state index is 0.0337. The molecule has 6 rings (SSSR count). The van der Waals surface area contributed by atoms with Gasteiger partial charge in [0.2, 0.25) is 5.95 Å². The first kappa shape index (κ1) is 37.0. The standard InChI is InChI=1S/C37H36BrN5O10/c1-20(44)50-19-28-30(51-21(2)45)31(52-22(3)46)34(53-28)43-32-29(39-35(43)38)33(47)41-36(40-32)42-37(23-9-7-6-8-10-23,24-11-15-26(48-4)16-12-24)25-13-17-27(49-5)18-14-25/h6-18,28,30-31,34H,19H2,1-5H3,(H2,40,41,42,47). The fraction of sp³-hybridized carbons (Fsp3) is 0.297. The molecule has 53 heavy (non-hydrogen) atoms. The average molecular weight is 791 g/mol. The summed E-state index contributed by atoms with van der Waals surface area (Å²) in [6.45, 7) is 3.27. The van der Waals surface area contributed by atoms with Gasteiger partial charge in [-0.3, -0.25) is 28.7 Å². The number of nitrogens with zero attached hydrogens (tertiary/aromatic N) is 3. The van der Waals surface area contributed by atoms with Crippen LogP contribution in [0.3, 0.4) is 0 Å². The van der Waals surface area contributed by atoms with E-state index in [9.17, 15) is 19.2 Å². The van der Waals surface area contributed by atoms with Gasteiger partial charge in [0.25, 0.3) is 5.56 Å². The first-order chi connectivity index (χ1) is 25.4. The SMILES string of the molecule is COc1ccc(C(Nc2nc3c(nc(Br)n3C3OC(COC(C)=O)C(OC(C)=O)C3OC(C)=O)c(=O)[nH]2)(c2ccccc2)c2ccc(OC)cc2)cc1. The smallest absolute Gasteiger partial charge is 0.303 e. The Morgan fingerprint density at radius 3 is 1.89 bits per heavy atom. The summed E-state index contributed by atoms with van der Waals surface area (Å²) in [5, 5.41) is 3.54. The number of carbonyl (C=O) groups is 3. The highest BCUT2D eigenvalue weighted by Gasteiger charge is 2.52. The van der Waals surface area contributed by atoms with Crippen LogP contribution in [0.1, 0.15) is 43.7 Å². The van der Waals surface area contributed by atoms with E-state index in [0.717, 1.165) is 16.7 Å². The van der Waals surface area contributed by atoms with Crippen LogP contribution in [0.25, 0.3) is 11.2 Å². The van der Waals surface area contributed by atoms with Crippen molar-refractivity contribution in [3.8, 4) is 11.5 Å². The molecule has 2 N–H and O–H groups in total. The van der Waals surface area contributed by atoms with Crippen LogP contribution >= 0.6 is 15.9 Å². The van der Waals surface area contributed by atoms with Crippen molar-refractivity contribution in [1.82, 2.24) is 19.5 Å². The van der Waals surface area contributed by atoms with E-state index in [2.05, 4.69) is 31.2 Å². The molecule has 3 aromatic carbocycles. The van der Waals surface area contributed by atoms with E-state index in [0.29, 0.717) is 11.5 Å². The number of H-pyrrole nitrogens is 1. The minimum atomic E-state index is -1.26. The molecule has 0 bridgehead atoms. The maximum absolute atomic E-state index is 13.8. The Kier molecular flexibility index (Phi) is 10.8. The summed E-state index contributed by atoms with van der Waals surface area (Å²) in [5.74, 6) is -0.656. The van der Waals surface area contributed by atoms with Crippen molar-refractivity contribution in [3.05, 3.63) is 111 Å². The molecular weight excluding hydrogens is 754 g/mol. The number of carbonyl (C=O) groups excluding carboxylic acids is 3. The molecule has 0 spiro atoms. The van der Waals surface area contributed by atoms with Crippen molar-refractivity contribution < 1.29 is 42.8 Å². The minimum Gasteiger partial charge on any atom is -0.497 e. The molecule has 5 aromatic rings. The molecule has 1 aliphatic heterocycles. The Bertz CT molecular complexity index is 2130. The van der Waals surface area contributed by atoms with Gasteiger partial charge in [0.1, 0.15) is 29.7 Å². The molecule has 1 saturated heterocycles. The molecule has 276 valence electrons. The fourth-order valence-electron chi connectivity index (χ4n) is 6.41. The highest BCUT2D eigenvalue weighted by atomic mass is 79.9. The highest BCUT2D eigenvalue weighted by Crippen LogP contribution is 2.42. The number of ether oxygens (including phenoxy) is 6. The number of imidazole rings is 1. The fourth-order valence-corrected chi connectivity index (χ4v) is 6.95. The van der Waals surface area contributed by atoms with E-state index in [1.165, 1.54) is 25.3 Å². The maximum atomic E-state index is 13.8. The summed E-state index contributed by atoms with van der Waals surface area (Å²) in [5.41, 5.74) is 0.561. The number of hydrogen-bond donors (Lipinski definition) is 2. The molecule has 15 nitrogen and oxygen atoms in total. The Morgan fingerprint density at radius 2 is 1.36 bits per heavy atom. The molecule has 0 aliphatic carbocycles. The van der Waals surface area contributed by atoms with Gasteiger partial charge in [0.15, 0.2) is 34.3 Å². The summed E-state index contributed by atoms with van der Waals surface area (Å²) < 4.78 is 35.1. The van der Waals surface area contributed by atoms with Crippen LogP contribution in [0.2, 0.25) is 0 Å². The van der Waals surface area contributed by atoms with E-state index in [1.54, 1.807) is 14.2 Å². The second-order valence-corrected chi connectivity index (χ2v) is 12.8. The van der Waals surface area contributed by atoms with Gasteiger partial charge in [-0.15, -0.1) is 0 Å². The van der Waals surface area contributed by atoms with Gasteiger partial charge in [-0.05, 0) is 56.9 Å². The summed E-state index contributed by atoms with van der Waals surface area (Å²) in [4.78, 5) is 62.3. The first-order valence-electron chi connectivity index (χ1n) is 16.4. The monoisotopic (exact) mass is 789 g/mol. The van der Waals surface area contributed by atoms with Gasteiger partial charge in [-0.1, -0.05) is 54.6 Å². The number of fused-ring (bicyclic) bond motifs is 1. The lowest BCUT2D eigenvalue weighted by Gasteiger charge is -2.37. The molecule has 1 aliphatic rings. The zero-order chi connectivity index (χ0) is 37.9. The summed E-state index contributed by atoms with van der Waals surface area (Å²) in [6.07, 6.45) is -4.75. The quantitative estimate of drug-likeness (QED) is 0.0774. The van der Waals surface area contributed by atoms with Crippen LogP contribution in [0.4, 0.5) is 5.95 Å². The van der Waals surface area contributed by atoms with Gasteiger partial charge >= 0.3 is 17.9 Å². The number of benzene rings is 3. The number of anilines is 1. The van der Waals surface area contributed by atoms with Gasteiger partial charge in [0, 0.05) is 20.8 Å². The number of halogens is 1. The van der Waals surface area contributed by atoms with Crippen LogP contribution in [-0.2, 0) is 38.9 Å². The van der Waals surface area contributed by atoms with Gasteiger partial charge in [-0.2, -0.15) is 4.98 Å². The lowest BCUT2D eigenvalue weighted by atomic mass is 9.77. The molecule has 4 atom stereocenters. The molecule has 0 radical (unpaired) electrons. The Labute approximate surface area is 311 Å². The van der Waals surface area contributed by atoms with E-state index in [-0.39, 0.29) is 28.5 Å². The largest absolute Gasteiger partial charge is 0.497 e. The molecule has 0 amide bonds. The third-order valence-electron chi connectivity index (χ3n) is 8.66. The van der Waals surface area contributed by atoms with Crippen LogP contribution in [0.5, 0.6) is 11.5 Å². The van der Waals surface area contributed by atoms with E-state index >= 15 is 0 Å². The highest BCUT2D eigenvalue weighted by molar-refractivity contribution is 9.10. The van der Waals surface area contributed by atoms with Crippen molar-refractivity contribution in [3.63, 3.8) is 0 Å². The number of esters is 3. The normalized spacial score (nSPS) is 18.3. The second kappa shape index (κ2) is 15.5. The Morgan fingerprint density at radius 1 is 0.811 bits per heavy atom. The third kappa shape index (κ3) is 7.45. The van der Waals surface area contributed by atoms with E-state index in [1.807, 2.05) is 78.9 Å². The number of rotatable bonds is 12. The summed E-state index contributed by atoms with van der Waals surface area (Å²) in [6, 6.07) is 24.6. The predicted molar refractivity (Wildman–Crippen MR) is 193 cm³/mol.